The SMILES string of the molecule is CC1CCCCN1S(=O)(=O)Nc1cccc(C#CCO)n1. The van der Waals surface area contributed by atoms with Crippen molar-refractivity contribution in [1.82, 2.24) is 9.29 Å². The second-order valence-electron chi connectivity index (χ2n) is 4.93. The molecule has 0 bridgehead atoms. The van der Waals surface area contributed by atoms with E-state index in [2.05, 4.69) is 21.5 Å². The van der Waals surface area contributed by atoms with Gasteiger partial charge in [0, 0.05) is 12.6 Å². The summed E-state index contributed by atoms with van der Waals surface area (Å²) >= 11 is 0. The molecule has 0 radical (unpaired) electrons. The minimum absolute atomic E-state index is 0.00591. The molecule has 0 aromatic carbocycles. The van der Waals surface area contributed by atoms with Crippen LogP contribution < -0.4 is 4.72 Å². The van der Waals surface area contributed by atoms with Crippen LogP contribution in [0.1, 0.15) is 31.9 Å². The van der Waals surface area contributed by atoms with E-state index in [0.717, 1.165) is 19.3 Å². The number of aromatic nitrogens is 1. The van der Waals surface area contributed by atoms with E-state index in [4.69, 9.17) is 5.11 Å². The van der Waals surface area contributed by atoms with Crippen molar-refractivity contribution in [3.63, 3.8) is 0 Å². The molecule has 2 rings (SSSR count). The lowest BCUT2D eigenvalue weighted by atomic mass is 10.1. The molecule has 21 heavy (non-hydrogen) atoms. The van der Waals surface area contributed by atoms with Gasteiger partial charge in [0.2, 0.25) is 0 Å². The number of hydrogen-bond donors (Lipinski definition) is 2. The minimum Gasteiger partial charge on any atom is -0.384 e. The summed E-state index contributed by atoms with van der Waals surface area (Å²) in [5, 5.41) is 8.66. The Hall–Kier alpha value is -1.62. The fourth-order valence-corrected chi connectivity index (χ4v) is 3.75. The molecule has 0 spiro atoms. The Bertz CT molecular complexity index is 649. The number of anilines is 1. The highest BCUT2D eigenvalue weighted by Crippen LogP contribution is 2.21. The van der Waals surface area contributed by atoms with E-state index in [-0.39, 0.29) is 18.5 Å². The average Bonchev–Trinajstić information content (AvgIpc) is 2.45. The maximum absolute atomic E-state index is 12.4. The molecule has 0 amide bonds. The first-order chi connectivity index (χ1) is 10.0. The molecule has 1 aromatic heterocycles. The molecule has 7 heteroatoms. The molecule has 2 heterocycles. The van der Waals surface area contributed by atoms with Crippen molar-refractivity contribution in [3.05, 3.63) is 23.9 Å². The first-order valence-electron chi connectivity index (χ1n) is 6.89. The van der Waals surface area contributed by atoms with Crippen molar-refractivity contribution in [2.24, 2.45) is 0 Å². The molecule has 2 N–H and O–H groups in total. The van der Waals surface area contributed by atoms with Gasteiger partial charge in [-0.25, -0.2) is 4.98 Å². The van der Waals surface area contributed by atoms with Gasteiger partial charge in [-0.3, -0.25) is 4.72 Å². The molecular formula is C14H19N3O3S. The van der Waals surface area contributed by atoms with Gasteiger partial charge in [0.25, 0.3) is 0 Å². The van der Waals surface area contributed by atoms with E-state index in [0.29, 0.717) is 12.2 Å². The monoisotopic (exact) mass is 309 g/mol. The van der Waals surface area contributed by atoms with Gasteiger partial charge in [-0.2, -0.15) is 12.7 Å². The Balaban J connectivity index is 2.16. The number of hydrogen-bond acceptors (Lipinski definition) is 4. The van der Waals surface area contributed by atoms with Crippen molar-refractivity contribution < 1.29 is 13.5 Å². The van der Waals surface area contributed by atoms with Gasteiger partial charge < -0.3 is 5.11 Å². The Morgan fingerprint density at radius 3 is 3.00 bits per heavy atom. The predicted octanol–water partition coefficient (Wildman–Crippen LogP) is 0.956. The van der Waals surface area contributed by atoms with Gasteiger partial charge in [-0.05, 0) is 37.8 Å². The van der Waals surface area contributed by atoms with Crippen LogP contribution in [0.2, 0.25) is 0 Å². The smallest absolute Gasteiger partial charge is 0.303 e. The molecule has 6 nitrogen and oxygen atoms in total. The summed E-state index contributed by atoms with van der Waals surface area (Å²) in [5.74, 6) is 5.36. The van der Waals surface area contributed by atoms with Crippen molar-refractivity contribution in [1.29, 1.82) is 0 Å². The first kappa shape index (κ1) is 15.8. The van der Waals surface area contributed by atoms with Crippen LogP contribution in [0.15, 0.2) is 18.2 Å². The number of pyridine rings is 1. The highest BCUT2D eigenvalue weighted by molar-refractivity contribution is 7.90. The number of rotatable bonds is 3. The fourth-order valence-electron chi connectivity index (χ4n) is 2.31. The normalized spacial score (nSPS) is 19.6. The zero-order valence-electron chi connectivity index (χ0n) is 11.9. The van der Waals surface area contributed by atoms with Gasteiger partial charge in [0.05, 0.1) is 0 Å². The summed E-state index contributed by atoms with van der Waals surface area (Å²) in [6.45, 7) is 2.18. The molecule has 1 aliphatic heterocycles. The van der Waals surface area contributed by atoms with Crippen LogP contribution >= 0.6 is 0 Å². The molecule has 1 saturated heterocycles. The van der Waals surface area contributed by atoms with Crippen molar-refractivity contribution >= 4 is 16.0 Å². The summed E-state index contributed by atoms with van der Waals surface area (Å²) in [7, 11) is -3.60. The summed E-state index contributed by atoms with van der Waals surface area (Å²) in [6, 6.07) is 4.90. The van der Waals surface area contributed by atoms with Crippen LogP contribution in [0.4, 0.5) is 5.82 Å². The van der Waals surface area contributed by atoms with Crippen LogP contribution in [0, 0.1) is 11.8 Å². The van der Waals surface area contributed by atoms with Gasteiger partial charge in [0.15, 0.2) is 0 Å². The molecule has 0 saturated carbocycles. The third-order valence-electron chi connectivity index (χ3n) is 3.33. The molecule has 1 atom stereocenters. The Morgan fingerprint density at radius 2 is 2.29 bits per heavy atom. The topological polar surface area (TPSA) is 82.5 Å². The van der Waals surface area contributed by atoms with Crippen LogP contribution in [0.25, 0.3) is 0 Å². The van der Waals surface area contributed by atoms with E-state index in [1.54, 1.807) is 18.2 Å². The maximum Gasteiger partial charge on any atom is 0.303 e. The Morgan fingerprint density at radius 1 is 1.48 bits per heavy atom. The second-order valence-corrected chi connectivity index (χ2v) is 6.55. The summed E-state index contributed by atoms with van der Waals surface area (Å²) in [6.07, 6.45) is 2.80. The Labute approximate surface area is 125 Å². The lowest BCUT2D eigenvalue weighted by molar-refractivity contribution is 0.270. The molecule has 114 valence electrons. The van der Waals surface area contributed by atoms with E-state index in [1.165, 1.54) is 4.31 Å². The zero-order valence-corrected chi connectivity index (χ0v) is 12.7. The molecule has 1 aliphatic rings. The van der Waals surface area contributed by atoms with Crippen LogP contribution in [-0.4, -0.2) is 42.0 Å². The van der Waals surface area contributed by atoms with Gasteiger partial charge >= 0.3 is 10.2 Å². The van der Waals surface area contributed by atoms with Crippen LogP contribution in [0.5, 0.6) is 0 Å². The highest BCUT2D eigenvalue weighted by atomic mass is 32.2. The fraction of sp³-hybridized carbons (Fsp3) is 0.500. The van der Waals surface area contributed by atoms with E-state index >= 15 is 0 Å². The number of nitrogens with one attached hydrogen (secondary N) is 1. The van der Waals surface area contributed by atoms with Crippen LogP contribution in [0.3, 0.4) is 0 Å². The Kier molecular flexibility index (Phi) is 5.17. The number of aliphatic hydroxyl groups excluding tert-OH is 1. The number of aliphatic hydroxyl groups is 1. The summed E-state index contributed by atoms with van der Waals surface area (Å²) in [5.41, 5.74) is 0.413. The molecule has 1 fully saturated rings. The van der Waals surface area contributed by atoms with Gasteiger partial charge in [-0.1, -0.05) is 18.4 Å². The van der Waals surface area contributed by atoms with E-state index in [1.807, 2.05) is 6.92 Å². The number of piperidine rings is 1. The van der Waals surface area contributed by atoms with Crippen molar-refractivity contribution in [2.75, 3.05) is 17.9 Å². The van der Waals surface area contributed by atoms with E-state index in [9.17, 15) is 8.42 Å². The summed E-state index contributed by atoms with van der Waals surface area (Å²) in [4.78, 5) is 4.11. The van der Waals surface area contributed by atoms with Crippen molar-refractivity contribution in [2.45, 2.75) is 32.2 Å². The second kappa shape index (κ2) is 6.89. The lowest BCUT2D eigenvalue weighted by Gasteiger charge is -2.32. The molecule has 0 aliphatic carbocycles. The third-order valence-corrected chi connectivity index (χ3v) is 4.96. The third kappa shape index (κ3) is 4.17. The molecule has 1 unspecified atom stereocenters. The van der Waals surface area contributed by atoms with Gasteiger partial charge in [0.1, 0.15) is 18.1 Å². The maximum atomic E-state index is 12.4. The average molecular weight is 309 g/mol. The van der Waals surface area contributed by atoms with E-state index < -0.39 is 10.2 Å². The largest absolute Gasteiger partial charge is 0.384 e. The van der Waals surface area contributed by atoms with Crippen LogP contribution in [-0.2, 0) is 10.2 Å². The first-order valence-corrected chi connectivity index (χ1v) is 8.33. The zero-order chi connectivity index (χ0) is 15.3. The standard InChI is InChI=1S/C14H19N3O3S/c1-12-6-2-3-10-17(12)21(19,20)16-14-9-4-7-13(15-14)8-5-11-18/h4,7,9,12,18H,2-3,6,10-11H2,1H3,(H,15,16). The number of nitrogens with zero attached hydrogens (tertiary/aromatic N) is 2. The molecular weight excluding hydrogens is 290 g/mol. The predicted molar refractivity (Wildman–Crippen MR) is 80.8 cm³/mol. The van der Waals surface area contributed by atoms with Gasteiger partial charge in [-0.15, -0.1) is 0 Å². The molecule has 1 aromatic rings. The quantitative estimate of drug-likeness (QED) is 0.815. The minimum atomic E-state index is -3.60. The van der Waals surface area contributed by atoms with Crippen molar-refractivity contribution in [3.8, 4) is 11.8 Å². The highest BCUT2D eigenvalue weighted by Gasteiger charge is 2.29. The lowest BCUT2D eigenvalue weighted by Crippen LogP contribution is -2.44. The summed E-state index contributed by atoms with van der Waals surface area (Å²) < 4.78 is 28.7.